The highest BCUT2D eigenvalue weighted by atomic mass is 32.2. The van der Waals surface area contributed by atoms with Crippen LogP contribution in [0, 0.1) is 6.92 Å². The first-order valence-corrected chi connectivity index (χ1v) is 14.6. The van der Waals surface area contributed by atoms with E-state index in [-0.39, 0.29) is 23.2 Å². The van der Waals surface area contributed by atoms with Crippen LogP contribution in [-0.4, -0.2) is 43.8 Å². The van der Waals surface area contributed by atoms with Gasteiger partial charge in [-0.3, -0.25) is 13.9 Å². The van der Waals surface area contributed by atoms with Gasteiger partial charge >= 0.3 is 6.18 Å². The quantitative estimate of drug-likeness (QED) is 0.318. The third-order valence-corrected chi connectivity index (χ3v) is 8.50. The van der Waals surface area contributed by atoms with Crippen LogP contribution in [0.3, 0.4) is 0 Å². The van der Waals surface area contributed by atoms with E-state index in [1.165, 1.54) is 30.0 Å². The van der Waals surface area contributed by atoms with Crippen LogP contribution in [0.1, 0.15) is 43.9 Å². The fourth-order valence-electron chi connectivity index (χ4n) is 4.03. The molecule has 3 aromatic rings. The molecule has 0 aliphatic heterocycles. The molecule has 2 atom stereocenters. The molecule has 0 saturated carbocycles. The van der Waals surface area contributed by atoms with Crippen LogP contribution in [0.2, 0.25) is 0 Å². The minimum Gasteiger partial charge on any atom is -0.352 e. The zero-order valence-corrected chi connectivity index (χ0v) is 24.2. The Labute approximate surface area is 239 Å². The Balaban J connectivity index is 2.07. The van der Waals surface area contributed by atoms with Gasteiger partial charge in [0.1, 0.15) is 12.6 Å². The van der Waals surface area contributed by atoms with Crippen molar-refractivity contribution < 1.29 is 31.2 Å². The molecule has 0 aliphatic carbocycles. The normalized spacial score (nSPS) is 13.2. The molecule has 0 fully saturated rings. The van der Waals surface area contributed by atoms with Crippen LogP contribution < -0.4 is 9.62 Å². The van der Waals surface area contributed by atoms with Crippen LogP contribution in [0.4, 0.5) is 18.9 Å². The molecular formula is C30H34F3N3O4S. The summed E-state index contributed by atoms with van der Waals surface area (Å²) in [6.07, 6.45) is -4.08. The second kappa shape index (κ2) is 13.2. The molecule has 3 aromatic carbocycles. The minimum atomic E-state index is -4.73. The van der Waals surface area contributed by atoms with E-state index in [2.05, 4.69) is 5.32 Å². The maximum atomic E-state index is 13.9. The van der Waals surface area contributed by atoms with Gasteiger partial charge < -0.3 is 10.2 Å². The number of nitrogens with zero attached hydrogens (tertiary/aromatic N) is 2. The lowest BCUT2D eigenvalue weighted by atomic mass is 10.1. The third-order valence-electron chi connectivity index (χ3n) is 6.71. The summed E-state index contributed by atoms with van der Waals surface area (Å²) >= 11 is 0. The van der Waals surface area contributed by atoms with Gasteiger partial charge in [-0.05, 0) is 63.1 Å². The summed E-state index contributed by atoms with van der Waals surface area (Å²) in [5.74, 6) is -1.19. The average Bonchev–Trinajstić information content (AvgIpc) is 2.94. The summed E-state index contributed by atoms with van der Waals surface area (Å²) in [5.41, 5.74) is 0.0796. The summed E-state index contributed by atoms with van der Waals surface area (Å²) in [4.78, 5) is 28.0. The number of hydrogen-bond acceptors (Lipinski definition) is 4. The second-order valence-corrected chi connectivity index (χ2v) is 11.7. The predicted molar refractivity (Wildman–Crippen MR) is 152 cm³/mol. The highest BCUT2D eigenvalue weighted by Gasteiger charge is 2.35. The predicted octanol–water partition coefficient (Wildman–Crippen LogP) is 5.54. The number of sulfonamides is 1. The summed E-state index contributed by atoms with van der Waals surface area (Å²) in [7, 11) is -4.49. The number of carbonyl (C=O) groups is 2. The Bertz CT molecular complexity index is 1450. The topological polar surface area (TPSA) is 86.8 Å². The molecule has 1 N–H and O–H groups in total. The van der Waals surface area contributed by atoms with Gasteiger partial charge in [0.05, 0.1) is 16.1 Å². The molecule has 0 bridgehead atoms. The fourth-order valence-corrected chi connectivity index (χ4v) is 5.44. The number of rotatable bonds is 11. The van der Waals surface area contributed by atoms with Gasteiger partial charge in [0.15, 0.2) is 0 Å². The summed E-state index contributed by atoms with van der Waals surface area (Å²) in [6, 6.07) is 17.3. The number of hydrogen-bond donors (Lipinski definition) is 1. The molecule has 0 unspecified atom stereocenters. The first-order chi connectivity index (χ1) is 19.2. The van der Waals surface area contributed by atoms with Gasteiger partial charge in [0, 0.05) is 12.6 Å². The van der Waals surface area contributed by atoms with Crippen molar-refractivity contribution in [2.75, 3.05) is 10.8 Å². The van der Waals surface area contributed by atoms with Gasteiger partial charge in [-0.1, -0.05) is 61.0 Å². The fraction of sp³-hybridized carbons (Fsp3) is 0.333. The number of alkyl halides is 3. The van der Waals surface area contributed by atoms with Crippen molar-refractivity contribution in [3.8, 4) is 0 Å². The van der Waals surface area contributed by atoms with Crippen LogP contribution in [0.15, 0.2) is 83.8 Å². The van der Waals surface area contributed by atoms with E-state index >= 15 is 0 Å². The van der Waals surface area contributed by atoms with Gasteiger partial charge in [-0.25, -0.2) is 8.42 Å². The summed E-state index contributed by atoms with van der Waals surface area (Å²) in [5, 5.41) is 2.83. The van der Waals surface area contributed by atoms with Gasteiger partial charge in [-0.15, -0.1) is 0 Å². The SMILES string of the molecule is CC[C@@H](C)NC(=O)[C@H](C)N(Cc1ccccc1)C(=O)CN(c1cccc(C(F)(F)F)c1)S(=O)(=O)c1ccc(C)cc1. The van der Waals surface area contributed by atoms with Crippen LogP contribution in [0.25, 0.3) is 0 Å². The lowest BCUT2D eigenvalue weighted by molar-refractivity contribution is -0.139. The highest BCUT2D eigenvalue weighted by molar-refractivity contribution is 7.92. The lowest BCUT2D eigenvalue weighted by Gasteiger charge is -2.32. The van der Waals surface area contributed by atoms with Gasteiger partial charge in [-0.2, -0.15) is 13.2 Å². The Morgan fingerprint density at radius 2 is 1.56 bits per heavy atom. The van der Waals surface area contributed by atoms with Gasteiger partial charge in [0.2, 0.25) is 11.8 Å². The zero-order chi connectivity index (χ0) is 30.4. The largest absolute Gasteiger partial charge is 0.416 e. The van der Waals surface area contributed by atoms with E-state index in [4.69, 9.17) is 0 Å². The van der Waals surface area contributed by atoms with E-state index < -0.39 is 46.2 Å². The van der Waals surface area contributed by atoms with E-state index in [1.54, 1.807) is 49.4 Å². The Morgan fingerprint density at radius 1 is 0.927 bits per heavy atom. The first kappa shape index (κ1) is 31.7. The maximum absolute atomic E-state index is 13.9. The highest BCUT2D eigenvalue weighted by Crippen LogP contribution is 2.33. The van der Waals surface area contributed by atoms with Crippen molar-refractivity contribution in [3.63, 3.8) is 0 Å². The standard InChI is InChI=1S/C30H34F3N3O4S/c1-5-22(3)34-29(38)23(4)35(19-24-10-7-6-8-11-24)28(37)20-36(26-13-9-12-25(18-26)30(31,32)33)41(39,40)27-16-14-21(2)15-17-27/h6-18,22-23H,5,19-20H2,1-4H3,(H,34,38)/t22-,23+/m1/s1. The zero-order valence-electron chi connectivity index (χ0n) is 23.4. The Hall–Kier alpha value is -3.86. The lowest BCUT2D eigenvalue weighted by Crippen LogP contribution is -2.52. The molecule has 0 spiro atoms. The number of amides is 2. The van der Waals surface area contributed by atoms with Crippen LogP contribution in [-0.2, 0) is 32.3 Å². The average molecular weight is 590 g/mol. The number of anilines is 1. The molecule has 0 aromatic heterocycles. The molecule has 11 heteroatoms. The van der Waals surface area contributed by atoms with Crippen LogP contribution >= 0.6 is 0 Å². The minimum absolute atomic E-state index is 0.0181. The third kappa shape index (κ3) is 8.09. The van der Waals surface area contributed by atoms with Crippen molar-refractivity contribution >= 4 is 27.5 Å². The number of benzene rings is 3. The van der Waals surface area contributed by atoms with E-state index in [9.17, 15) is 31.2 Å². The molecule has 220 valence electrons. The smallest absolute Gasteiger partial charge is 0.352 e. The number of nitrogens with one attached hydrogen (secondary N) is 1. The van der Waals surface area contributed by atoms with Crippen LogP contribution in [0.5, 0.6) is 0 Å². The molecular weight excluding hydrogens is 555 g/mol. The molecule has 2 amide bonds. The molecule has 0 heterocycles. The summed E-state index contributed by atoms with van der Waals surface area (Å²) < 4.78 is 69.0. The van der Waals surface area contributed by atoms with Crippen molar-refractivity contribution in [3.05, 3.63) is 95.6 Å². The van der Waals surface area contributed by atoms with Crippen molar-refractivity contribution in [2.45, 2.75) is 63.8 Å². The molecule has 0 radical (unpaired) electrons. The van der Waals surface area contributed by atoms with Gasteiger partial charge in [0.25, 0.3) is 10.0 Å². The van der Waals surface area contributed by atoms with E-state index in [0.29, 0.717) is 22.4 Å². The second-order valence-electron chi connectivity index (χ2n) is 9.87. The molecule has 3 rings (SSSR count). The maximum Gasteiger partial charge on any atom is 0.416 e. The number of halogens is 3. The Morgan fingerprint density at radius 3 is 2.15 bits per heavy atom. The van der Waals surface area contributed by atoms with E-state index in [1.807, 2.05) is 13.8 Å². The first-order valence-electron chi connectivity index (χ1n) is 13.1. The number of aryl methyl sites for hydroxylation is 1. The number of carbonyl (C=O) groups excluding carboxylic acids is 2. The summed E-state index contributed by atoms with van der Waals surface area (Å²) in [6.45, 7) is 6.16. The van der Waals surface area contributed by atoms with Crippen molar-refractivity contribution in [1.82, 2.24) is 10.2 Å². The van der Waals surface area contributed by atoms with Crippen molar-refractivity contribution in [2.24, 2.45) is 0 Å². The molecule has 41 heavy (non-hydrogen) atoms. The van der Waals surface area contributed by atoms with E-state index in [0.717, 1.165) is 17.7 Å². The molecule has 0 aliphatic rings. The molecule has 7 nitrogen and oxygen atoms in total. The molecule has 0 saturated heterocycles. The monoisotopic (exact) mass is 589 g/mol. The van der Waals surface area contributed by atoms with Crippen molar-refractivity contribution in [1.29, 1.82) is 0 Å². The Kier molecular flexibility index (Phi) is 10.2.